The van der Waals surface area contributed by atoms with Gasteiger partial charge in [0.25, 0.3) is 0 Å². The van der Waals surface area contributed by atoms with Gasteiger partial charge in [0.2, 0.25) is 11.8 Å². The molecular formula is C16H26N2O2. The van der Waals surface area contributed by atoms with E-state index in [0.717, 1.165) is 32.1 Å². The average Bonchev–Trinajstić information content (AvgIpc) is 2.46. The van der Waals surface area contributed by atoms with Crippen LogP contribution >= 0.6 is 0 Å². The van der Waals surface area contributed by atoms with Crippen LogP contribution in [0.3, 0.4) is 0 Å². The Kier molecular flexibility index (Phi) is 4.21. The van der Waals surface area contributed by atoms with Crippen LogP contribution in [0.5, 0.6) is 0 Å². The molecule has 1 unspecified atom stereocenters. The zero-order valence-electron chi connectivity index (χ0n) is 12.9. The second-order valence-electron chi connectivity index (χ2n) is 6.22. The van der Waals surface area contributed by atoms with Crippen molar-refractivity contribution in [3.05, 3.63) is 12.2 Å². The predicted octanol–water partition coefficient (Wildman–Crippen LogP) is 2.39. The SMILES string of the molecule is C/C=C/CN1C(=O)C(C)(CC)NC(=O)C12CCCCC2. The Morgan fingerprint density at radius 1 is 1.25 bits per heavy atom. The van der Waals surface area contributed by atoms with Crippen molar-refractivity contribution in [3.8, 4) is 0 Å². The average molecular weight is 278 g/mol. The summed E-state index contributed by atoms with van der Waals surface area (Å²) >= 11 is 0. The summed E-state index contributed by atoms with van der Waals surface area (Å²) in [5.41, 5.74) is -1.36. The molecule has 0 aromatic heterocycles. The van der Waals surface area contributed by atoms with E-state index in [1.54, 1.807) is 0 Å². The summed E-state index contributed by atoms with van der Waals surface area (Å²) in [6, 6.07) is 0. The van der Waals surface area contributed by atoms with Crippen LogP contribution in [0.25, 0.3) is 0 Å². The first-order valence-corrected chi connectivity index (χ1v) is 7.76. The number of rotatable bonds is 3. The van der Waals surface area contributed by atoms with Gasteiger partial charge in [-0.2, -0.15) is 0 Å². The fraction of sp³-hybridized carbons (Fsp3) is 0.750. The smallest absolute Gasteiger partial charge is 0.249 e. The third kappa shape index (κ3) is 2.25. The van der Waals surface area contributed by atoms with E-state index in [-0.39, 0.29) is 11.8 Å². The van der Waals surface area contributed by atoms with Gasteiger partial charge in [0.15, 0.2) is 0 Å². The van der Waals surface area contributed by atoms with Crippen molar-refractivity contribution in [1.82, 2.24) is 10.2 Å². The Labute approximate surface area is 121 Å². The molecule has 0 aromatic rings. The minimum absolute atomic E-state index is 0.0469. The van der Waals surface area contributed by atoms with Gasteiger partial charge in [-0.05, 0) is 33.1 Å². The highest BCUT2D eigenvalue weighted by molar-refractivity contribution is 6.02. The molecule has 0 aromatic carbocycles. The van der Waals surface area contributed by atoms with Gasteiger partial charge in [-0.15, -0.1) is 0 Å². The summed E-state index contributed by atoms with van der Waals surface area (Å²) in [5.74, 6) is 0.116. The molecule has 1 aliphatic carbocycles. The summed E-state index contributed by atoms with van der Waals surface area (Å²) in [6.45, 7) is 6.27. The van der Waals surface area contributed by atoms with Crippen LogP contribution in [0.1, 0.15) is 59.3 Å². The molecule has 0 bridgehead atoms. The molecule has 2 fully saturated rings. The van der Waals surface area contributed by atoms with E-state index in [2.05, 4.69) is 5.32 Å². The maximum atomic E-state index is 12.9. The molecule has 20 heavy (non-hydrogen) atoms. The van der Waals surface area contributed by atoms with Crippen molar-refractivity contribution in [2.45, 2.75) is 70.4 Å². The molecule has 2 amide bonds. The summed E-state index contributed by atoms with van der Waals surface area (Å²) in [6.07, 6.45) is 9.34. The summed E-state index contributed by atoms with van der Waals surface area (Å²) in [5, 5.41) is 3.00. The summed E-state index contributed by atoms with van der Waals surface area (Å²) < 4.78 is 0. The molecule has 1 atom stereocenters. The fourth-order valence-electron chi connectivity index (χ4n) is 3.38. The van der Waals surface area contributed by atoms with Gasteiger partial charge in [0, 0.05) is 6.54 Å². The van der Waals surface area contributed by atoms with Gasteiger partial charge in [-0.1, -0.05) is 38.3 Å². The number of hydrogen-bond acceptors (Lipinski definition) is 2. The zero-order chi connectivity index (χ0) is 14.8. The van der Waals surface area contributed by atoms with E-state index in [1.807, 2.05) is 37.8 Å². The van der Waals surface area contributed by atoms with Crippen LogP contribution in [0.15, 0.2) is 12.2 Å². The van der Waals surface area contributed by atoms with Crippen LogP contribution in [-0.2, 0) is 9.59 Å². The normalized spacial score (nSPS) is 30.1. The second kappa shape index (κ2) is 5.58. The van der Waals surface area contributed by atoms with E-state index in [9.17, 15) is 9.59 Å². The fourth-order valence-corrected chi connectivity index (χ4v) is 3.38. The van der Waals surface area contributed by atoms with Crippen LogP contribution in [0, 0.1) is 0 Å². The lowest BCUT2D eigenvalue weighted by Crippen LogP contribution is -2.75. The van der Waals surface area contributed by atoms with Crippen molar-refractivity contribution in [2.24, 2.45) is 0 Å². The van der Waals surface area contributed by atoms with E-state index in [1.165, 1.54) is 0 Å². The molecule has 4 nitrogen and oxygen atoms in total. The second-order valence-corrected chi connectivity index (χ2v) is 6.22. The first-order valence-electron chi connectivity index (χ1n) is 7.76. The van der Waals surface area contributed by atoms with Gasteiger partial charge in [-0.25, -0.2) is 0 Å². The minimum Gasteiger partial charge on any atom is -0.340 e. The van der Waals surface area contributed by atoms with Gasteiger partial charge >= 0.3 is 0 Å². The Hall–Kier alpha value is -1.32. The third-order valence-corrected chi connectivity index (χ3v) is 4.96. The quantitative estimate of drug-likeness (QED) is 0.806. The van der Waals surface area contributed by atoms with Gasteiger partial charge in [0.05, 0.1) is 0 Å². The van der Waals surface area contributed by atoms with Crippen LogP contribution in [0.2, 0.25) is 0 Å². The first-order chi connectivity index (χ1) is 9.50. The zero-order valence-corrected chi connectivity index (χ0v) is 12.9. The third-order valence-electron chi connectivity index (χ3n) is 4.96. The molecule has 2 aliphatic rings. The highest BCUT2D eigenvalue weighted by Gasteiger charge is 2.55. The van der Waals surface area contributed by atoms with Crippen LogP contribution < -0.4 is 5.32 Å². The number of nitrogens with zero attached hydrogens (tertiary/aromatic N) is 1. The van der Waals surface area contributed by atoms with Crippen molar-refractivity contribution < 1.29 is 9.59 Å². The number of nitrogens with one attached hydrogen (secondary N) is 1. The lowest BCUT2D eigenvalue weighted by molar-refractivity contribution is -0.164. The van der Waals surface area contributed by atoms with E-state index in [4.69, 9.17) is 0 Å². The first kappa shape index (κ1) is 15.1. The molecule has 1 spiro atoms. The lowest BCUT2D eigenvalue weighted by atomic mass is 9.75. The molecule has 1 saturated carbocycles. The molecule has 4 heteroatoms. The summed E-state index contributed by atoms with van der Waals surface area (Å²) in [4.78, 5) is 27.5. The predicted molar refractivity (Wildman–Crippen MR) is 79.2 cm³/mol. The van der Waals surface area contributed by atoms with Crippen molar-refractivity contribution in [1.29, 1.82) is 0 Å². The van der Waals surface area contributed by atoms with Gasteiger partial charge < -0.3 is 10.2 Å². The van der Waals surface area contributed by atoms with Crippen molar-refractivity contribution in [3.63, 3.8) is 0 Å². The molecule has 1 N–H and O–H groups in total. The molecule has 112 valence electrons. The number of allylic oxidation sites excluding steroid dienone is 1. The summed E-state index contributed by atoms with van der Waals surface area (Å²) in [7, 11) is 0. The highest BCUT2D eigenvalue weighted by Crippen LogP contribution is 2.39. The Morgan fingerprint density at radius 2 is 1.90 bits per heavy atom. The Bertz CT molecular complexity index is 424. The molecule has 1 aliphatic heterocycles. The number of piperazine rings is 1. The molecule has 1 saturated heterocycles. The van der Waals surface area contributed by atoms with E-state index >= 15 is 0 Å². The largest absolute Gasteiger partial charge is 0.340 e. The number of amides is 2. The Balaban J connectivity index is 2.39. The van der Waals surface area contributed by atoms with Gasteiger partial charge in [-0.3, -0.25) is 9.59 Å². The maximum Gasteiger partial charge on any atom is 0.249 e. The highest BCUT2D eigenvalue weighted by atomic mass is 16.2. The monoisotopic (exact) mass is 278 g/mol. The minimum atomic E-state index is -0.749. The van der Waals surface area contributed by atoms with E-state index in [0.29, 0.717) is 13.0 Å². The number of hydrogen-bond donors (Lipinski definition) is 1. The lowest BCUT2D eigenvalue weighted by Gasteiger charge is -2.52. The molecule has 0 radical (unpaired) electrons. The molecule has 1 heterocycles. The van der Waals surface area contributed by atoms with Crippen LogP contribution in [-0.4, -0.2) is 34.3 Å². The maximum absolute atomic E-state index is 12.9. The van der Waals surface area contributed by atoms with Gasteiger partial charge in [0.1, 0.15) is 11.1 Å². The number of carbonyl (C=O) groups is 2. The number of carbonyl (C=O) groups excluding carboxylic acids is 2. The molecular weight excluding hydrogens is 252 g/mol. The van der Waals surface area contributed by atoms with E-state index < -0.39 is 11.1 Å². The van der Waals surface area contributed by atoms with Crippen molar-refractivity contribution in [2.75, 3.05) is 6.54 Å². The molecule has 2 rings (SSSR count). The topological polar surface area (TPSA) is 49.4 Å². The van der Waals surface area contributed by atoms with Crippen LogP contribution in [0.4, 0.5) is 0 Å². The van der Waals surface area contributed by atoms with Crippen molar-refractivity contribution >= 4 is 11.8 Å². The standard InChI is InChI=1S/C16H26N2O2/c1-4-6-12-18-14(20)15(3,5-2)17-13(19)16(18)10-8-7-9-11-16/h4,6H,5,7-12H2,1-3H3,(H,17,19)/b6-4+. The Morgan fingerprint density at radius 3 is 2.45 bits per heavy atom.